The van der Waals surface area contributed by atoms with Gasteiger partial charge in [-0.25, -0.2) is 12.8 Å². The van der Waals surface area contributed by atoms with Crippen molar-refractivity contribution in [2.45, 2.75) is 5.25 Å². The Morgan fingerprint density at radius 3 is 1.78 bits per heavy atom. The molecule has 0 saturated heterocycles. The van der Waals surface area contributed by atoms with Crippen LogP contribution in [0.15, 0.2) is 0 Å². The lowest BCUT2D eigenvalue weighted by molar-refractivity contribution is 0.0628. The monoisotopic (exact) mass is 162 g/mol. The van der Waals surface area contributed by atoms with Crippen LogP contribution >= 0.6 is 0 Å². The van der Waals surface area contributed by atoms with Crippen LogP contribution in [0.5, 0.6) is 0 Å². The summed E-state index contributed by atoms with van der Waals surface area (Å²) in [6.45, 7) is -2.16. The molecule has 56 valence electrons. The van der Waals surface area contributed by atoms with E-state index in [0.717, 1.165) is 0 Å². The summed E-state index contributed by atoms with van der Waals surface area (Å²) >= 11 is 0. The Balaban J connectivity index is 4.56. The molecule has 6 heteroatoms. The molecule has 0 aliphatic rings. The molecule has 0 heterocycles. The van der Waals surface area contributed by atoms with Crippen LogP contribution in [-0.2, 0) is 9.84 Å². The summed E-state index contributed by atoms with van der Waals surface area (Å²) in [5.74, 6) is 0. The van der Waals surface area contributed by atoms with Gasteiger partial charge in [0.25, 0.3) is 0 Å². The van der Waals surface area contributed by atoms with Crippen molar-refractivity contribution >= 4 is 9.84 Å². The SMILES string of the molecule is CS(=O)(=O)C(F)(F)CF. The van der Waals surface area contributed by atoms with Gasteiger partial charge in [-0.1, -0.05) is 0 Å². The molecule has 0 atom stereocenters. The van der Waals surface area contributed by atoms with Crippen LogP contribution in [0.4, 0.5) is 13.2 Å². The predicted octanol–water partition coefficient (Wildman–Crippen LogP) is 0.593. The van der Waals surface area contributed by atoms with Gasteiger partial charge in [0, 0.05) is 6.26 Å². The van der Waals surface area contributed by atoms with Crippen molar-refractivity contribution in [1.82, 2.24) is 0 Å². The summed E-state index contributed by atoms with van der Waals surface area (Å²) in [7, 11) is -4.56. The number of sulfone groups is 1. The van der Waals surface area contributed by atoms with E-state index in [1.807, 2.05) is 0 Å². The smallest absolute Gasteiger partial charge is 0.243 e. The zero-order valence-corrected chi connectivity index (χ0v) is 5.38. The summed E-state index contributed by atoms with van der Waals surface area (Å²) in [6, 6.07) is 0. The van der Waals surface area contributed by atoms with Crippen molar-refractivity contribution in [1.29, 1.82) is 0 Å². The molecule has 0 saturated carbocycles. The zero-order valence-electron chi connectivity index (χ0n) is 4.57. The first-order chi connectivity index (χ1) is 3.81. The Labute approximate surface area is 50.6 Å². The van der Waals surface area contributed by atoms with E-state index in [4.69, 9.17) is 0 Å². The Morgan fingerprint density at radius 2 is 1.78 bits per heavy atom. The van der Waals surface area contributed by atoms with Crippen LogP contribution in [0.3, 0.4) is 0 Å². The van der Waals surface area contributed by atoms with Gasteiger partial charge in [0.15, 0.2) is 6.67 Å². The number of alkyl halides is 3. The van der Waals surface area contributed by atoms with E-state index in [2.05, 4.69) is 0 Å². The third kappa shape index (κ3) is 1.85. The minimum absolute atomic E-state index is 0.284. The minimum Gasteiger partial charge on any atom is -0.243 e. The van der Waals surface area contributed by atoms with E-state index in [-0.39, 0.29) is 6.26 Å². The van der Waals surface area contributed by atoms with Gasteiger partial charge in [0.2, 0.25) is 9.84 Å². The van der Waals surface area contributed by atoms with Gasteiger partial charge in [-0.15, -0.1) is 0 Å². The lowest BCUT2D eigenvalue weighted by Crippen LogP contribution is -2.29. The molecule has 0 aromatic rings. The van der Waals surface area contributed by atoms with E-state index in [1.54, 1.807) is 0 Å². The topological polar surface area (TPSA) is 34.1 Å². The molecule has 0 rings (SSSR count). The molecular formula is C3H5F3O2S. The molecule has 0 aromatic carbocycles. The lowest BCUT2D eigenvalue weighted by atomic mass is 10.8. The third-order valence-electron chi connectivity index (χ3n) is 0.698. The normalized spacial score (nSPS) is 13.8. The van der Waals surface area contributed by atoms with Crippen molar-refractivity contribution in [3.63, 3.8) is 0 Å². The first-order valence-electron chi connectivity index (χ1n) is 1.94. The molecule has 0 aliphatic carbocycles. The minimum atomic E-state index is -4.56. The van der Waals surface area contributed by atoms with Crippen molar-refractivity contribution in [3.8, 4) is 0 Å². The summed E-state index contributed by atoms with van der Waals surface area (Å²) < 4.78 is 54.3. The van der Waals surface area contributed by atoms with E-state index < -0.39 is 21.8 Å². The fraction of sp³-hybridized carbons (Fsp3) is 1.00. The average Bonchev–Trinajstić information content (AvgIpc) is 1.64. The van der Waals surface area contributed by atoms with Gasteiger partial charge < -0.3 is 0 Å². The van der Waals surface area contributed by atoms with Gasteiger partial charge in [0.1, 0.15) is 0 Å². The number of hydrogen-bond donors (Lipinski definition) is 0. The summed E-state index contributed by atoms with van der Waals surface area (Å²) in [5.41, 5.74) is 0. The highest BCUT2D eigenvalue weighted by molar-refractivity contribution is 7.91. The summed E-state index contributed by atoms with van der Waals surface area (Å²) in [4.78, 5) is 0. The van der Waals surface area contributed by atoms with Crippen molar-refractivity contribution in [2.75, 3.05) is 12.9 Å². The summed E-state index contributed by atoms with van der Waals surface area (Å²) in [5, 5.41) is -4.22. The number of halogens is 3. The fourth-order valence-electron chi connectivity index (χ4n) is 0.0991. The number of rotatable bonds is 2. The highest BCUT2D eigenvalue weighted by atomic mass is 32.2. The second-order valence-corrected chi connectivity index (χ2v) is 3.68. The zero-order chi connectivity index (χ0) is 7.71. The Kier molecular flexibility index (Phi) is 2.10. The van der Waals surface area contributed by atoms with E-state index in [0.29, 0.717) is 0 Å². The highest BCUT2D eigenvalue weighted by Gasteiger charge is 2.41. The van der Waals surface area contributed by atoms with Crippen LogP contribution in [0, 0.1) is 0 Å². The number of hydrogen-bond acceptors (Lipinski definition) is 2. The average molecular weight is 162 g/mol. The fourth-order valence-corrected chi connectivity index (χ4v) is 0.297. The maximum absolute atomic E-state index is 11.7. The molecular weight excluding hydrogens is 157 g/mol. The molecule has 0 aliphatic heterocycles. The van der Waals surface area contributed by atoms with Crippen LogP contribution in [-0.4, -0.2) is 26.6 Å². The molecule has 9 heavy (non-hydrogen) atoms. The van der Waals surface area contributed by atoms with E-state index in [1.165, 1.54) is 0 Å². The van der Waals surface area contributed by atoms with Gasteiger partial charge in [-0.3, -0.25) is 0 Å². The molecule has 2 nitrogen and oxygen atoms in total. The maximum Gasteiger partial charge on any atom is 0.372 e. The van der Waals surface area contributed by atoms with Crippen LogP contribution in [0.2, 0.25) is 0 Å². The van der Waals surface area contributed by atoms with Crippen molar-refractivity contribution in [2.24, 2.45) is 0 Å². The van der Waals surface area contributed by atoms with Gasteiger partial charge >= 0.3 is 5.25 Å². The predicted molar refractivity (Wildman–Crippen MR) is 25.8 cm³/mol. The molecule has 0 aromatic heterocycles. The van der Waals surface area contributed by atoms with Crippen LogP contribution < -0.4 is 0 Å². The molecule has 0 bridgehead atoms. The highest BCUT2D eigenvalue weighted by Crippen LogP contribution is 2.20. The van der Waals surface area contributed by atoms with E-state index >= 15 is 0 Å². The van der Waals surface area contributed by atoms with E-state index in [9.17, 15) is 21.6 Å². The molecule has 0 amide bonds. The first-order valence-corrected chi connectivity index (χ1v) is 3.84. The summed E-state index contributed by atoms with van der Waals surface area (Å²) in [6.07, 6.45) is 0.284. The van der Waals surface area contributed by atoms with Crippen LogP contribution in [0.1, 0.15) is 0 Å². The molecule has 0 unspecified atom stereocenters. The Morgan fingerprint density at radius 1 is 1.44 bits per heavy atom. The lowest BCUT2D eigenvalue weighted by Gasteiger charge is -2.07. The van der Waals surface area contributed by atoms with Gasteiger partial charge in [0.05, 0.1) is 0 Å². The Hall–Kier alpha value is -0.260. The Bertz CT molecular complexity index is 183. The third-order valence-corrected chi connectivity index (χ3v) is 1.89. The quantitative estimate of drug-likeness (QED) is 0.595. The molecule has 0 N–H and O–H groups in total. The standard InChI is InChI=1S/C3H5F3O2S/c1-9(7,8)3(5,6)2-4/h2H2,1H3. The van der Waals surface area contributed by atoms with Crippen molar-refractivity contribution in [3.05, 3.63) is 0 Å². The van der Waals surface area contributed by atoms with Crippen LogP contribution in [0.25, 0.3) is 0 Å². The van der Waals surface area contributed by atoms with Gasteiger partial charge in [-0.2, -0.15) is 8.78 Å². The second kappa shape index (κ2) is 2.17. The largest absolute Gasteiger partial charge is 0.372 e. The molecule has 0 radical (unpaired) electrons. The maximum atomic E-state index is 11.7. The first kappa shape index (κ1) is 8.74. The van der Waals surface area contributed by atoms with Gasteiger partial charge in [-0.05, 0) is 0 Å². The molecule has 0 spiro atoms. The van der Waals surface area contributed by atoms with Crippen molar-refractivity contribution < 1.29 is 21.6 Å². The molecule has 0 fully saturated rings. The second-order valence-electron chi connectivity index (χ2n) is 1.54.